The molecule has 168 valence electrons. The van der Waals surface area contributed by atoms with Crippen LogP contribution in [-0.4, -0.2) is 58.4 Å². The molecule has 9 nitrogen and oxygen atoms in total. The summed E-state index contributed by atoms with van der Waals surface area (Å²) in [5.41, 5.74) is 3.12. The van der Waals surface area contributed by atoms with E-state index in [0.29, 0.717) is 43.2 Å². The van der Waals surface area contributed by atoms with Gasteiger partial charge in [-0.3, -0.25) is 10.1 Å². The number of nitrogens with one attached hydrogen (secondary N) is 3. The van der Waals surface area contributed by atoms with Crippen molar-refractivity contribution in [2.24, 2.45) is 0 Å². The van der Waals surface area contributed by atoms with Crippen LogP contribution in [0.25, 0.3) is 10.9 Å². The van der Waals surface area contributed by atoms with Crippen LogP contribution >= 0.6 is 11.3 Å². The Morgan fingerprint density at radius 3 is 3.09 bits per heavy atom. The second-order valence-electron chi connectivity index (χ2n) is 8.92. The minimum absolute atomic E-state index is 0.0557. The van der Waals surface area contributed by atoms with Crippen molar-refractivity contribution in [1.82, 2.24) is 15.3 Å². The lowest BCUT2D eigenvalue weighted by Gasteiger charge is -2.35. The maximum absolute atomic E-state index is 12.6. The number of hydrogen-bond donors (Lipinski definition) is 4. The van der Waals surface area contributed by atoms with Crippen LogP contribution in [0.2, 0.25) is 0 Å². The van der Waals surface area contributed by atoms with Crippen molar-refractivity contribution in [3.05, 3.63) is 40.5 Å². The number of rotatable bonds is 4. The number of H-pyrrole nitrogens is 1. The zero-order valence-electron chi connectivity index (χ0n) is 17.9. The first-order valence-electron chi connectivity index (χ1n) is 10.6. The third-order valence-corrected chi connectivity index (χ3v) is 7.03. The highest BCUT2D eigenvalue weighted by Crippen LogP contribution is 2.34. The average Bonchev–Trinajstić information content (AvgIpc) is 3.31. The highest BCUT2D eigenvalue weighted by atomic mass is 32.1. The summed E-state index contributed by atoms with van der Waals surface area (Å²) in [6, 6.07) is 5.51. The number of anilines is 2. The van der Waals surface area contributed by atoms with Gasteiger partial charge >= 0.3 is 6.09 Å². The van der Waals surface area contributed by atoms with Crippen molar-refractivity contribution >= 4 is 45.1 Å². The highest BCUT2D eigenvalue weighted by molar-refractivity contribution is 7.17. The molecule has 2 aliphatic rings. The zero-order chi connectivity index (χ0) is 22.5. The standard InChI is InChI=1S/C22H25N5O4S/c1-22(2)9-17-18(19(28)26-22)32-20(25-17)27-5-6-31-11-14(27)7-12-10-23-16-4-3-13(8-15(12)16)24-21(29)30/h3-4,8,10,14,23-24H,5-7,9,11H2,1-2H3,(H,26,28)(H,29,30)/t14-/m0/s1. The molecule has 2 aliphatic heterocycles. The summed E-state index contributed by atoms with van der Waals surface area (Å²) in [6.07, 6.45) is 2.29. The molecule has 10 heteroatoms. The fourth-order valence-electron chi connectivity index (χ4n) is 4.46. The number of hydrogen-bond acceptors (Lipinski definition) is 6. The van der Waals surface area contributed by atoms with Gasteiger partial charge in [0.25, 0.3) is 5.91 Å². The first kappa shape index (κ1) is 20.8. The number of amides is 2. The van der Waals surface area contributed by atoms with Crippen molar-refractivity contribution in [3.63, 3.8) is 0 Å². The Morgan fingerprint density at radius 1 is 1.44 bits per heavy atom. The predicted octanol–water partition coefficient (Wildman–Crippen LogP) is 3.23. The maximum atomic E-state index is 12.6. The fraction of sp³-hybridized carbons (Fsp3) is 0.409. The smallest absolute Gasteiger partial charge is 0.409 e. The summed E-state index contributed by atoms with van der Waals surface area (Å²) in [6.45, 7) is 5.89. The van der Waals surface area contributed by atoms with Crippen molar-refractivity contribution in [2.75, 3.05) is 30.0 Å². The first-order valence-corrected chi connectivity index (χ1v) is 11.4. The van der Waals surface area contributed by atoms with E-state index in [2.05, 4.69) is 20.5 Å². The number of ether oxygens (including phenoxy) is 1. The Kier molecular flexibility index (Phi) is 5.06. The fourth-order valence-corrected chi connectivity index (χ4v) is 5.54. The number of thiazole rings is 1. The number of nitrogens with zero attached hydrogens (tertiary/aromatic N) is 2. The molecular formula is C22H25N5O4S. The Labute approximate surface area is 188 Å². The van der Waals surface area contributed by atoms with Crippen LogP contribution in [0.4, 0.5) is 15.6 Å². The van der Waals surface area contributed by atoms with Crippen LogP contribution in [-0.2, 0) is 17.6 Å². The summed E-state index contributed by atoms with van der Waals surface area (Å²) in [4.78, 5) is 34.6. The van der Waals surface area contributed by atoms with Gasteiger partial charge in [-0.1, -0.05) is 11.3 Å². The number of morpholine rings is 1. The number of carbonyl (C=O) groups is 2. The number of fused-ring (bicyclic) bond motifs is 2. The van der Waals surface area contributed by atoms with E-state index < -0.39 is 6.09 Å². The Bertz CT molecular complexity index is 1200. The van der Waals surface area contributed by atoms with E-state index >= 15 is 0 Å². The van der Waals surface area contributed by atoms with Gasteiger partial charge in [0.1, 0.15) is 4.88 Å². The van der Waals surface area contributed by atoms with Gasteiger partial charge in [-0.2, -0.15) is 0 Å². The lowest BCUT2D eigenvalue weighted by atomic mass is 9.94. The van der Waals surface area contributed by atoms with Gasteiger partial charge in [0.15, 0.2) is 5.13 Å². The largest absolute Gasteiger partial charge is 0.465 e. The van der Waals surface area contributed by atoms with E-state index in [1.54, 1.807) is 6.07 Å². The molecule has 32 heavy (non-hydrogen) atoms. The number of aromatic nitrogens is 2. The first-order chi connectivity index (χ1) is 15.3. The molecule has 1 saturated heterocycles. The summed E-state index contributed by atoms with van der Waals surface area (Å²) in [7, 11) is 0. The van der Waals surface area contributed by atoms with Crippen molar-refractivity contribution < 1.29 is 19.4 Å². The van der Waals surface area contributed by atoms with E-state index in [-0.39, 0.29) is 17.5 Å². The van der Waals surface area contributed by atoms with Gasteiger partial charge in [0.2, 0.25) is 0 Å². The summed E-state index contributed by atoms with van der Waals surface area (Å²) >= 11 is 1.44. The van der Waals surface area contributed by atoms with E-state index in [0.717, 1.165) is 27.3 Å². The summed E-state index contributed by atoms with van der Waals surface area (Å²) < 4.78 is 5.78. The molecule has 0 bridgehead atoms. The predicted molar refractivity (Wildman–Crippen MR) is 123 cm³/mol. The molecule has 0 radical (unpaired) electrons. The third kappa shape index (κ3) is 3.91. The molecule has 0 aliphatic carbocycles. The molecule has 2 amide bonds. The highest BCUT2D eigenvalue weighted by Gasteiger charge is 2.35. The van der Waals surface area contributed by atoms with E-state index in [1.165, 1.54) is 11.3 Å². The van der Waals surface area contributed by atoms with Crippen molar-refractivity contribution in [1.29, 1.82) is 0 Å². The third-order valence-electron chi connectivity index (χ3n) is 5.90. The second-order valence-corrected chi connectivity index (χ2v) is 9.90. The molecule has 0 saturated carbocycles. The molecule has 2 aromatic heterocycles. The molecular weight excluding hydrogens is 430 g/mol. The molecule has 0 unspecified atom stereocenters. The van der Waals surface area contributed by atoms with Crippen LogP contribution in [0.5, 0.6) is 0 Å². The Balaban J connectivity index is 1.43. The van der Waals surface area contributed by atoms with Crippen LogP contribution in [0.15, 0.2) is 24.4 Å². The normalized spacial score (nSPS) is 20.1. The van der Waals surface area contributed by atoms with Gasteiger partial charge in [-0.25, -0.2) is 9.78 Å². The van der Waals surface area contributed by atoms with Gasteiger partial charge in [-0.15, -0.1) is 0 Å². The van der Waals surface area contributed by atoms with Gasteiger partial charge < -0.3 is 25.0 Å². The molecule has 0 spiro atoms. The lowest BCUT2D eigenvalue weighted by Crippen LogP contribution is -2.48. The quantitative estimate of drug-likeness (QED) is 0.480. The van der Waals surface area contributed by atoms with Crippen molar-refractivity contribution in [2.45, 2.75) is 38.3 Å². The van der Waals surface area contributed by atoms with Crippen LogP contribution in [0, 0.1) is 0 Å². The minimum Gasteiger partial charge on any atom is -0.465 e. The minimum atomic E-state index is -1.09. The molecule has 4 N–H and O–H groups in total. The van der Waals surface area contributed by atoms with E-state index in [4.69, 9.17) is 14.8 Å². The van der Waals surface area contributed by atoms with Gasteiger partial charge in [0, 0.05) is 41.3 Å². The van der Waals surface area contributed by atoms with E-state index in [1.807, 2.05) is 32.2 Å². The van der Waals surface area contributed by atoms with Crippen molar-refractivity contribution in [3.8, 4) is 0 Å². The molecule has 5 rings (SSSR count). The summed E-state index contributed by atoms with van der Waals surface area (Å²) in [5.74, 6) is -0.0557. The van der Waals surface area contributed by atoms with Crippen LogP contribution in [0.3, 0.4) is 0 Å². The molecule has 1 aromatic carbocycles. The second kappa shape index (κ2) is 7.79. The number of aromatic amines is 1. The SMILES string of the molecule is CC1(C)Cc2nc(N3CCOC[C@@H]3Cc3c[nH]c4ccc(NC(=O)O)cc34)sc2C(=O)N1. The monoisotopic (exact) mass is 455 g/mol. The lowest BCUT2D eigenvalue weighted by molar-refractivity contribution is 0.0900. The topological polar surface area (TPSA) is 120 Å². The number of benzene rings is 1. The van der Waals surface area contributed by atoms with Crippen LogP contribution in [0.1, 0.15) is 34.8 Å². The maximum Gasteiger partial charge on any atom is 0.409 e. The van der Waals surface area contributed by atoms with Gasteiger partial charge in [0.05, 0.1) is 24.9 Å². The molecule has 3 aromatic rings. The zero-order valence-corrected chi connectivity index (χ0v) is 18.7. The molecule has 1 fully saturated rings. The Morgan fingerprint density at radius 2 is 2.28 bits per heavy atom. The van der Waals surface area contributed by atoms with E-state index in [9.17, 15) is 9.59 Å². The molecule has 4 heterocycles. The summed E-state index contributed by atoms with van der Waals surface area (Å²) in [5, 5.41) is 16.3. The van der Waals surface area contributed by atoms with Crippen LogP contribution < -0.4 is 15.5 Å². The average molecular weight is 456 g/mol. The molecule has 1 atom stereocenters. The Hall–Kier alpha value is -3.11. The van der Waals surface area contributed by atoms with Gasteiger partial charge in [-0.05, 0) is 44.0 Å². The number of carboxylic acid groups (broad SMARTS) is 1. The number of carbonyl (C=O) groups excluding carboxylic acids is 1.